The van der Waals surface area contributed by atoms with Gasteiger partial charge in [-0.2, -0.15) is 0 Å². The number of pyridine rings is 1. The molecular formula is C15H23N3OS. The van der Waals surface area contributed by atoms with E-state index in [1.165, 1.54) is 16.6 Å². The molecule has 110 valence electrons. The molecule has 5 heteroatoms. The summed E-state index contributed by atoms with van der Waals surface area (Å²) in [5, 5.41) is 1.17. The van der Waals surface area contributed by atoms with Gasteiger partial charge in [-0.25, -0.2) is 4.98 Å². The van der Waals surface area contributed by atoms with Gasteiger partial charge in [0.2, 0.25) is 0 Å². The second-order valence-electron chi connectivity index (χ2n) is 4.67. The van der Waals surface area contributed by atoms with Crippen molar-refractivity contribution in [3.8, 4) is 0 Å². The number of fused-ring (bicyclic) bond motifs is 1. The Morgan fingerprint density at radius 3 is 2.85 bits per heavy atom. The van der Waals surface area contributed by atoms with Crippen molar-refractivity contribution >= 4 is 29.5 Å². The van der Waals surface area contributed by atoms with Crippen LogP contribution in [0.2, 0.25) is 0 Å². The minimum atomic E-state index is 0.796. The van der Waals surface area contributed by atoms with Gasteiger partial charge < -0.3 is 9.64 Å². The summed E-state index contributed by atoms with van der Waals surface area (Å²) < 4.78 is 7.26. The third-order valence-corrected chi connectivity index (χ3v) is 3.70. The fourth-order valence-corrected chi connectivity index (χ4v) is 2.74. The van der Waals surface area contributed by atoms with Crippen LogP contribution in [0.25, 0.3) is 11.0 Å². The molecule has 0 aliphatic carbocycles. The third kappa shape index (κ3) is 3.10. The van der Waals surface area contributed by atoms with Crippen LogP contribution in [0.4, 0.5) is 5.69 Å². The Labute approximate surface area is 126 Å². The minimum Gasteiger partial charge on any atom is -0.380 e. The molecule has 0 unspecified atom stereocenters. The van der Waals surface area contributed by atoms with Crippen LogP contribution in [0.15, 0.2) is 18.5 Å². The monoisotopic (exact) mass is 293 g/mol. The molecule has 20 heavy (non-hydrogen) atoms. The highest BCUT2D eigenvalue weighted by atomic mass is 32.1. The van der Waals surface area contributed by atoms with Crippen LogP contribution in [0, 0.1) is 6.92 Å². The van der Waals surface area contributed by atoms with Gasteiger partial charge in [-0.3, -0.25) is 3.97 Å². The standard InChI is InChI=1S/C13H17N3OS.C2H6/c1-10-9-16(18)13-12(10)7-11(8-14-13)15-3-2-5-17-6-4-15;1-2/h7-9,18H,2-6H2,1H3;1-2H3. The van der Waals surface area contributed by atoms with Crippen molar-refractivity contribution in [2.24, 2.45) is 0 Å². The molecule has 1 aliphatic heterocycles. The molecule has 0 spiro atoms. The number of thiol groups is 1. The van der Waals surface area contributed by atoms with Gasteiger partial charge in [0.15, 0.2) is 0 Å². The van der Waals surface area contributed by atoms with Crippen molar-refractivity contribution < 1.29 is 4.74 Å². The zero-order chi connectivity index (χ0) is 14.5. The van der Waals surface area contributed by atoms with E-state index >= 15 is 0 Å². The van der Waals surface area contributed by atoms with E-state index in [-0.39, 0.29) is 0 Å². The smallest absolute Gasteiger partial charge is 0.150 e. The third-order valence-electron chi connectivity index (χ3n) is 3.40. The molecule has 3 rings (SSSR count). The highest BCUT2D eigenvalue weighted by molar-refractivity contribution is 7.78. The lowest BCUT2D eigenvalue weighted by molar-refractivity contribution is 0.152. The maximum Gasteiger partial charge on any atom is 0.150 e. The Kier molecular flexibility index (Phi) is 5.31. The van der Waals surface area contributed by atoms with Crippen LogP contribution >= 0.6 is 12.8 Å². The van der Waals surface area contributed by atoms with Gasteiger partial charge in [0, 0.05) is 31.3 Å². The molecule has 1 saturated heterocycles. The van der Waals surface area contributed by atoms with Crippen LogP contribution in [-0.4, -0.2) is 35.3 Å². The first-order valence-corrected chi connectivity index (χ1v) is 7.65. The number of rotatable bonds is 1. The molecule has 2 aromatic rings. The first-order chi connectivity index (χ1) is 9.75. The van der Waals surface area contributed by atoms with E-state index in [1.807, 2.05) is 26.2 Å². The Bertz CT molecular complexity index is 559. The lowest BCUT2D eigenvalue weighted by atomic mass is 10.2. The van der Waals surface area contributed by atoms with Crippen molar-refractivity contribution in [1.82, 2.24) is 8.96 Å². The molecule has 0 aromatic carbocycles. The predicted molar refractivity (Wildman–Crippen MR) is 87.9 cm³/mol. The van der Waals surface area contributed by atoms with E-state index in [1.54, 1.807) is 3.97 Å². The summed E-state index contributed by atoms with van der Waals surface area (Å²) in [7, 11) is 0. The fourth-order valence-electron chi connectivity index (χ4n) is 2.41. The molecule has 3 heterocycles. The highest BCUT2D eigenvalue weighted by Crippen LogP contribution is 2.25. The molecule has 0 N–H and O–H groups in total. The van der Waals surface area contributed by atoms with Gasteiger partial charge in [0.05, 0.1) is 18.5 Å². The van der Waals surface area contributed by atoms with E-state index in [0.717, 1.165) is 38.4 Å². The van der Waals surface area contributed by atoms with Gasteiger partial charge in [-0.15, -0.1) is 0 Å². The first-order valence-electron chi connectivity index (χ1n) is 7.25. The van der Waals surface area contributed by atoms with Crippen LogP contribution in [0.3, 0.4) is 0 Å². The van der Waals surface area contributed by atoms with E-state index in [2.05, 4.69) is 35.7 Å². The number of aryl methyl sites for hydroxylation is 1. The van der Waals surface area contributed by atoms with Crippen molar-refractivity contribution in [2.75, 3.05) is 31.2 Å². The van der Waals surface area contributed by atoms with E-state index in [0.29, 0.717) is 0 Å². The van der Waals surface area contributed by atoms with E-state index in [4.69, 9.17) is 4.74 Å². The predicted octanol–water partition coefficient (Wildman–Crippen LogP) is 3.29. The summed E-state index contributed by atoms with van der Waals surface area (Å²) in [4.78, 5) is 6.85. The van der Waals surface area contributed by atoms with Crippen molar-refractivity contribution in [3.63, 3.8) is 0 Å². The second-order valence-corrected chi connectivity index (χ2v) is 5.11. The average molecular weight is 293 g/mol. The molecule has 1 aliphatic rings. The molecule has 0 radical (unpaired) electrons. The van der Waals surface area contributed by atoms with Gasteiger partial charge in [-0.05, 0) is 25.0 Å². The summed E-state index contributed by atoms with van der Waals surface area (Å²) in [6.07, 6.45) is 5.00. The average Bonchev–Trinajstić information content (AvgIpc) is 2.68. The lowest BCUT2D eigenvalue weighted by Crippen LogP contribution is -2.25. The summed E-state index contributed by atoms with van der Waals surface area (Å²) in [5.41, 5.74) is 3.31. The SMILES string of the molecule is CC.Cc1cn(S)c2ncc(N3CCCOCC3)cc12. The number of anilines is 1. The molecular weight excluding hydrogens is 270 g/mol. The van der Waals surface area contributed by atoms with Crippen LogP contribution < -0.4 is 4.90 Å². The van der Waals surface area contributed by atoms with E-state index < -0.39 is 0 Å². The number of hydrogen-bond donors (Lipinski definition) is 1. The summed E-state index contributed by atoms with van der Waals surface area (Å²) in [5.74, 6) is 0. The van der Waals surface area contributed by atoms with Crippen molar-refractivity contribution in [3.05, 3.63) is 24.0 Å². The normalized spacial score (nSPS) is 15.7. The molecule has 0 atom stereocenters. The van der Waals surface area contributed by atoms with Gasteiger partial charge >= 0.3 is 0 Å². The molecule has 2 aromatic heterocycles. The summed E-state index contributed by atoms with van der Waals surface area (Å²) in [6, 6.07) is 2.20. The highest BCUT2D eigenvalue weighted by Gasteiger charge is 2.13. The number of ether oxygens (including phenoxy) is 1. The Morgan fingerprint density at radius 1 is 1.25 bits per heavy atom. The Hall–Kier alpha value is -1.20. The van der Waals surface area contributed by atoms with E-state index in [9.17, 15) is 0 Å². The minimum absolute atomic E-state index is 0.796. The Morgan fingerprint density at radius 2 is 2.05 bits per heavy atom. The second kappa shape index (κ2) is 6.99. The topological polar surface area (TPSA) is 30.3 Å². The summed E-state index contributed by atoms with van der Waals surface area (Å²) in [6.45, 7) is 9.72. The zero-order valence-corrected chi connectivity index (χ0v) is 13.4. The maximum absolute atomic E-state index is 5.48. The van der Waals surface area contributed by atoms with Gasteiger partial charge in [0.1, 0.15) is 5.65 Å². The number of hydrogen-bond acceptors (Lipinski definition) is 4. The van der Waals surface area contributed by atoms with Crippen LogP contribution in [0.1, 0.15) is 25.8 Å². The molecule has 1 fully saturated rings. The molecule has 4 nitrogen and oxygen atoms in total. The number of nitrogens with zero attached hydrogens (tertiary/aromatic N) is 3. The van der Waals surface area contributed by atoms with Gasteiger partial charge in [0.25, 0.3) is 0 Å². The largest absolute Gasteiger partial charge is 0.380 e. The fraction of sp³-hybridized carbons (Fsp3) is 0.533. The first kappa shape index (κ1) is 15.2. The summed E-state index contributed by atoms with van der Waals surface area (Å²) >= 11 is 4.37. The zero-order valence-electron chi connectivity index (χ0n) is 12.5. The van der Waals surface area contributed by atoms with Crippen LogP contribution in [0.5, 0.6) is 0 Å². The van der Waals surface area contributed by atoms with Crippen molar-refractivity contribution in [1.29, 1.82) is 0 Å². The van der Waals surface area contributed by atoms with Crippen molar-refractivity contribution in [2.45, 2.75) is 27.2 Å². The quantitative estimate of drug-likeness (QED) is 0.818. The molecule has 0 amide bonds. The maximum atomic E-state index is 5.48. The van der Waals surface area contributed by atoms with Gasteiger partial charge in [-0.1, -0.05) is 26.7 Å². The molecule has 0 saturated carbocycles. The Balaban J connectivity index is 0.000000704. The lowest BCUT2D eigenvalue weighted by Gasteiger charge is -2.21. The number of aromatic nitrogens is 2. The molecule has 0 bridgehead atoms. The van der Waals surface area contributed by atoms with Crippen LogP contribution in [-0.2, 0) is 4.74 Å².